The lowest BCUT2D eigenvalue weighted by Crippen LogP contribution is -2.40. The van der Waals surface area contributed by atoms with Crippen molar-refractivity contribution < 1.29 is 13.2 Å². The third-order valence-electron chi connectivity index (χ3n) is 3.65. The summed E-state index contributed by atoms with van der Waals surface area (Å²) in [7, 11) is -3.15. The summed E-state index contributed by atoms with van der Waals surface area (Å²) in [4.78, 5) is 14.2. The van der Waals surface area contributed by atoms with Crippen molar-refractivity contribution in [2.24, 2.45) is 5.92 Å². The van der Waals surface area contributed by atoms with Crippen molar-refractivity contribution >= 4 is 21.3 Å². The molecule has 1 heterocycles. The van der Waals surface area contributed by atoms with Gasteiger partial charge in [0.25, 0.3) is 0 Å². The molecule has 0 spiro atoms. The Hall–Kier alpha value is -1.36. The summed E-state index contributed by atoms with van der Waals surface area (Å²) in [6, 6.07) is 6.89. The quantitative estimate of drug-likeness (QED) is 0.849. The normalized spacial score (nSPS) is 20.6. The Labute approximate surface area is 114 Å². The molecule has 0 N–H and O–H groups in total. The number of nitrogens with zero attached hydrogens (tertiary/aromatic N) is 1. The van der Waals surface area contributed by atoms with Crippen LogP contribution in [0.3, 0.4) is 0 Å². The van der Waals surface area contributed by atoms with Gasteiger partial charge in [-0.05, 0) is 30.7 Å². The molecular formula is C14H19NO3S. The van der Waals surface area contributed by atoms with Gasteiger partial charge in [-0.25, -0.2) is 8.42 Å². The van der Waals surface area contributed by atoms with Gasteiger partial charge in [-0.3, -0.25) is 4.79 Å². The van der Waals surface area contributed by atoms with Crippen LogP contribution < -0.4 is 4.90 Å². The number of hydrogen-bond donors (Lipinski definition) is 0. The molecule has 4 nitrogen and oxygen atoms in total. The minimum Gasteiger partial charge on any atom is -0.370 e. The van der Waals surface area contributed by atoms with E-state index in [2.05, 4.69) is 4.90 Å². The van der Waals surface area contributed by atoms with Crippen LogP contribution in [0.25, 0.3) is 0 Å². The van der Waals surface area contributed by atoms with Crippen LogP contribution in [-0.2, 0) is 14.6 Å². The number of carbonyl (C=O) groups excluding carboxylic acids is 1. The minimum atomic E-state index is -3.15. The largest absolute Gasteiger partial charge is 0.370 e. The van der Waals surface area contributed by atoms with Gasteiger partial charge in [-0.2, -0.15) is 0 Å². The average Bonchev–Trinajstić information content (AvgIpc) is 2.38. The fraction of sp³-hybridized carbons (Fsp3) is 0.500. The standard InChI is InChI=1S/C14H19NO3S/c1-3-11-10-15(9-8-14(11)16)12-4-6-13(7-5-12)19(2,17)18/h4-7,11H,3,8-10H2,1-2H3/t11-/m1/s1. The predicted octanol–water partition coefficient (Wildman–Crippen LogP) is 1.90. The first kappa shape index (κ1) is 14.1. The number of sulfone groups is 1. The summed E-state index contributed by atoms with van der Waals surface area (Å²) in [6.45, 7) is 3.47. The number of carbonyl (C=O) groups is 1. The molecule has 1 aromatic carbocycles. The lowest BCUT2D eigenvalue weighted by Gasteiger charge is -2.33. The summed E-state index contributed by atoms with van der Waals surface area (Å²) in [5.41, 5.74) is 0.985. The van der Waals surface area contributed by atoms with E-state index in [-0.39, 0.29) is 5.92 Å². The second-order valence-corrected chi connectivity index (χ2v) is 7.05. The highest BCUT2D eigenvalue weighted by Gasteiger charge is 2.25. The molecule has 1 aliphatic rings. The fourth-order valence-corrected chi connectivity index (χ4v) is 3.03. The number of hydrogen-bond acceptors (Lipinski definition) is 4. The maximum Gasteiger partial charge on any atom is 0.175 e. The van der Waals surface area contributed by atoms with Crippen LogP contribution in [0.2, 0.25) is 0 Å². The Balaban J connectivity index is 2.17. The molecule has 0 bridgehead atoms. The molecule has 0 saturated carbocycles. The molecule has 0 amide bonds. The molecule has 0 radical (unpaired) electrons. The maximum atomic E-state index is 11.7. The molecule has 0 aliphatic carbocycles. The van der Waals surface area contributed by atoms with Crippen LogP contribution >= 0.6 is 0 Å². The summed E-state index contributed by atoms with van der Waals surface area (Å²) in [5, 5.41) is 0. The number of piperidine rings is 1. The first-order valence-electron chi connectivity index (χ1n) is 6.49. The molecule has 0 aromatic heterocycles. The molecule has 19 heavy (non-hydrogen) atoms. The molecule has 104 valence electrons. The second kappa shape index (κ2) is 5.33. The number of ketones is 1. The molecule has 1 fully saturated rings. The topological polar surface area (TPSA) is 54.5 Å². The van der Waals surface area contributed by atoms with E-state index in [4.69, 9.17) is 0 Å². The van der Waals surface area contributed by atoms with Gasteiger partial charge < -0.3 is 4.90 Å². The van der Waals surface area contributed by atoms with Crippen molar-refractivity contribution in [1.82, 2.24) is 0 Å². The monoisotopic (exact) mass is 281 g/mol. The van der Waals surface area contributed by atoms with Gasteiger partial charge in [0.1, 0.15) is 5.78 Å². The van der Waals surface area contributed by atoms with Gasteiger partial charge in [-0.15, -0.1) is 0 Å². The molecule has 2 rings (SSSR count). The lowest BCUT2D eigenvalue weighted by molar-refractivity contribution is -0.123. The maximum absolute atomic E-state index is 11.7. The predicted molar refractivity (Wildman–Crippen MR) is 75.2 cm³/mol. The molecule has 1 saturated heterocycles. The zero-order valence-corrected chi connectivity index (χ0v) is 12.1. The summed E-state index contributed by atoms with van der Waals surface area (Å²) >= 11 is 0. The Morgan fingerprint density at radius 1 is 1.26 bits per heavy atom. The van der Waals surface area contributed by atoms with Crippen molar-refractivity contribution in [1.29, 1.82) is 0 Å². The fourth-order valence-electron chi connectivity index (χ4n) is 2.40. The molecule has 0 unspecified atom stereocenters. The lowest BCUT2D eigenvalue weighted by atomic mass is 9.94. The van der Waals surface area contributed by atoms with Gasteiger partial charge in [0.05, 0.1) is 4.90 Å². The zero-order valence-electron chi connectivity index (χ0n) is 11.3. The third kappa shape index (κ3) is 3.15. The van der Waals surface area contributed by atoms with Crippen molar-refractivity contribution in [2.45, 2.75) is 24.7 Å². The van der Waals surface area contributed by atoms with Gasteiger partial charge >= 0.3 is 0 Å². The molecule has 1 aliphatic heterocycles. The summed E-state index contributed by atoms with van der Waals surface area (Å²) in [5.74, 6) is 0.440. The first-order chi connectivity index (χ1) is 8.91. The number of Topliss-reactive ketones (excluding diaryl/α,β-unsaturated/α-hetero) is 1. The summed E-state index contributed by atoms with van der Waals surface area (Å²) < 4.78 is 22.8. The Morgan fingerprint density at radius 3 is 2.42 bits per heavy atom. The highest BCUT2D eigenvalue weighted by molar-refractivity contribution is 7.90. The van der Waals surface area contributed by atoms with E-state index < -0.39 is 9.84 Å². The van der Waals surface area contributed by atoms with Crippen molar-refractivity contribution in [3.05, 3.63) is 24.3 Å². The van der Waals surface area contributed by atoms with Crippen molar-refractivity contribution in [3.63, 3.8) is 0 Å². The van der Waals surface area contributed by atoms with E-state index in [0.717, 1.165) is 18.7 Å². The smallest absolute Gasteiger partial charge is 0.175 e. The van der Waals surface area contributed by atoms with Crippen LogP contribution in [0.4, 0.5) is 5.69 Å². The van der Waals surface area contributed by atoms with Crippen LogP contribution in [0.1, 0.15) is 19.8 Å². The molecule has 1 atom stereocenters. The van der Waals surface area contributed by atoms with Gasteiger partial charge in [0.15, 0.2) is 9.84 Å². The molecular weight excluding hydrogens is 262 g/mol. The molecule has 5 heteroatoms. The molecule has 1 aromatic rings. The number of anilines is 1. The van der Waals surface area contributed by atoms with Crippen LogP contribution in [-0.4, -0.2) is 33.5 Å². The van der Waals surface area contributed by atoms with Gasteiger partial charge in [0, 0.05) is 37.4 Å². The van der Waals surface area contributed by atoms with Gasteiger partial charge in [-0.1, -0.05) is 6.92 Å². The zero-order chi connectivity index (χ0) is 14.0. The van der Waals surface area contributed by atoms with E-state index in [9.17, 15) is 13.2 Å². The van der Waals surface area contributed by atoms with Gasteiger partial charge in [0.2, 0.25) is 0 Å². The third-order valence-corrected chi connectivity index (χ3v) is 4.78. The summed E-state index contributed by atoms with van der Waals surface area (Å²) in [6.07, 6.45) is 2.64. The highest BCUT2D eigenvalue weighted by Crippen LogP contribution is 2.24. The van der Waals surface area contributed by atoms with Crippen LogP contribution in [0.5, 0.6) is 0 Å². The SMILES string of the molecule is CC[C@@H]1CN(c2ccc(S(C)(=O)=O)cc2)CCC1=O. The van der Waals surface area contributed by atoms with E-state index in [0.29, 0.717) is 23.6 Å². The Bertz CT molecular complexity index is 563. The minimum absolute atomic E-state index is 0.100. The first-order valence-corrected chi connectivity index (χ1v) is 8.38. The van der Waals surface area contributed by atoms with Crippen LogP contribution in [0.15, 0.2) is 29.2 Å². The Morgan fingerprint density at radius 2 is 1.89 bits per heavy atom. The van der Waals surface area contributed by atoms with Crippen molar-refractivity contribution in [2.75, 3.05) is 24.2 Å². The number of rotatable bonds is 3. The van der Waals surface area contributed by atoms with E-state index in [1.807, 2.05) is 19.1 Å². The van der Waals surface area contributed by atoms with Crippen molar-refractivity contribution in [3.8, 4) is 0 Å². The van der Waals surface area contributed by atoms with E-state index in [1.165, 1.54) is 6.26 Å². The average molecular weight is 281 g/mol. The van der Waals surface area contributed by atoms with Crippen LogP contribution in [0, 0.1) is 5.92 Å². The van der Waals surface area contributed by atoms with E-state index in [1.54, 1.807) is 12.1 Å². The van der Waals surface area contributed by atoms with E-state index >= 15 is 0 Å². The second-order valence-electron chi connectivity index (χ2n) is 5.03. The Kier molecular flexibility index (Phi) is 3.94. The highest BCUT2D eigenvalue weighted by atomic mass is 32.2. The number of benzene rings is 1.